The molecule has 0 spiro atoms. The minimum absolute atomic E-state index is 0.261. The number of methoxy groups -OCH3 is 1. The lowest BCUT2D eigenvalue weighted by atomic mass is 10.0. The van der Waals surface area contributed by atoms with Gasteiger partial charge in [0.2, 0.25) is 0 Å². The Morgan fingerprint density at radius 2 is 1.94 bits per heavy atom. The SMILES string of the molecule is COc1cc(/C2=N/NC(=NCc3ccc(F)c(F)c3)CCCC2)ccc1-n1cnc(C)c1. The Balaban J connectivity index is 1.53. The van der Waals surface area contributed by atoms with Gasteiger partial charge in [-0.3, -0.25) is 10.4 Å². The summed E-state index contributed by atoms with van der Waals surface area (Å²) in [5.74, 6) is -0.262. The van der Waals surface area contributed by atoms with Gasteiger partial charge in [0.1, 0.15) is 11.6 Å². The van der Waals surface area contributed by atoms with Crippen LogP contribution in [0, 0.1) is 18.6 Å². The van der Waals surface area contributed by atoms with Crippen LogP contribution in [0.1, 0.15) is 42.5 Å². The third-order valence-electron chi connectivity index (χ3n) is 5.34. The van der Waals surface area contributed by atoms with Gasteiger partial charge in [-0.15, -0.1) is 0 Å². The van der Waals surface area contributed by atoms with E-state index in [1.54, 1.807) is 13.4 Å². The number of aromatic nitrogens is 2. The maximum atomic E-state index is 13.4. The van der Waals surface area contributed by atoms with Crippen LogP contribution in [0.5, 0.6) is 5.75 Å². The first-order valence-electron chi connectivity index (χ1n) is 10.5. The molecule has 0 unspecified atom stereocenters. The number of aliphatic imine (C=N–C) groups is 1. The van der Waals surface area contributed by atoms with Gasteiger partial charge < -0.3 is 9.30 Å². The molecule has 166 valence electrons. The average molecular weight is 437 g/mol. The van der Waals surface area contributed by atoms with Crippen LogP contribution in [-0.2, 0) is 6.54 Å². The monoisotopic (exact) mass is 437 g/mol. The van der Waals surface area contributed by atoms with Crippen LogP contribution in [0.15, 0.2) is 59.0 Å². The van der Waals surface area contributed by atoms with Gasteiger partial charge in [0.25, 0.3) is 0 Å². The molecule has 1 aliphatic rings. The maximum Gasteiger partial charge on any atom is 0.159 e. The van der Waals surface area contributed by atoms with Gasteiger partial charge in [0, 0.05) is 18.2 Å². The van der Waals surface area contributed by atoms with E-state index < -0.39 is 11.6 Å². The zero-order valence-corrected chi connectivity index (χ0v) is 18.1. The molecule has 0 atom stereocenters. The summed E-state index contributed by atoms with van der Waals surface area (Å²) in [6.45, 7) is 2.20. The third-order valence-corrected chi connectivity index (χ3v) is 5.34. The van der Waals surface area contributed by atoms with Crippen LogP contribution in [0.3, 0.4) is 0 Å². The zero-order valence-electron chi connectivity index (χ0n) is 18.1. The molecule has 0 fully saturated rings. The van der Waals surface area contributed by atoms with Crippen LogP contribution >= 0.6 is 0 Å². The minimum atomic E-state index is -0.864. The Morgan fingerprint density at radius 3 is 2.69 bits per heavy atom. The predicted molar refractivity (Wildman–Crippen MR) is 120 cm³/mol. The normalized spacial score (nSPS) is 17.2. The number of rotatable bonds is 5. The van der Waals surface area contributed by atoms with E-state index in [0.717, 1.165) is 66.0 Å². The van der Waals surface area contributed by atoms with Gasteiger partial charge in [-0.25, -0.2) is 13.8 Å². The van der Waals surface area contributed by atoms with Crippen molar-refractivity contribution >= 4 is 11.5 Å². The summed E-state index contributed by atoms with van der Waals surface area (Å²) >= 11 is 0. The van der Waals surface area contributed by atoms with Gasteiger partial charge in [0.15, 0.2) is 11.6 Å². The lowest BCUT2D eigenvalue weighted by Gasteiger charge is -2.16. The number of ether oxygens (including phenoxy) is 1. The van der Waals surface area contributed by atoms with E-state index in [4.69, 9.17) is 4.74 Å². The van der Waals surface area contributed by atoms with E-state index in [1.807, 2.05) is 35.9 Å². The third kappa shape index (κ3) is 5.01. The Morgan fingerprint density at radius 1 is 1.09 bits per heavy atom. The smallest absolute Gasteiger partial charge is 0.159 e. The van der Waals surface area contributed by atoms with E-state index >= 15 is 0 Å². The number of hydrogen-bond acceptors (Lipinski definition) is 4. The summed E-state index contributed by atoms with van der Waals surface area (Å²) in [6, 6.07) is 9.82. The van der Waals surface area contributed by atoms with Crippen molar-refractivity contribution in [1.82, 2.24) is 15.0 Å². The van der Waals surface area contributed by atoms with Crippen LogP contribution in [0.25, 0.3) is 5.69 Å². The molecule has 8 heteroatoms. The molecule has 32 heavy (non-hydrogen) atoms. The molecule has 3 aromatic rings. The highest BCUT2D eigenvalue weighted by atomic mass is 19.2. The fourth-order valence-corrected chi connectivity index (χ4v) is 3.60. The number of aryl methyl sites for hydroxylation is 1. The molecule has 6 nitrogen and oxygen atoms in total. The highest BCUT2D eigenvalue weighted by molar-refractivity contribution is 6.02. The second-order valence-corrected chi connectivity index (χ2v) is 7.70. The number of amidine groups is 1. The molecule has 0 radical (unpaired) electrons. The molecule has 1 aromatic heterocycles. The minimum Gasteiger partial charge on any atom is -0.495 e. The van der Waals surface area contributed by atoms with Gasteiger partial charge in [-0.05, 0) is 56.0 Å². The standard InChI is InChI=1S/C24H25F2N5O/c1-16-14-31(15-28-16)22-10-8-18(12-23(22)32-2)21-5-3-4-6-24(30-29-21)27-13-17-7-9-19(25)20(26)11-17/h7-12,14-15H,3-6,13H2,1-2H3,(H,27,30)/b29-21+. The van der Waals surface area contributed by atoms with E-state index in [2.05, 4.69) is 20.5 Å². The van der Waals surface area contributed by atoms with Gasteiger partial charge in [-0.2, -0.15) is 5.10 Å². The molecular formula is C24H25F2N5O. The number of hydrazone groups is 1. The van der Waals surface area contributed by atoms with Gasteiger partial charge in [0.05, 0.1) is 37.1 Å². The summed E-state index contributed by atoms with van der Waals surface area (Å²) in [5.41, 5.74) is 7.40. The topological polar surface area (TPSA) is 63.8 Å². The quantitative estimate of drug-likeness (QED) is 0.615. The molecule has 0 aliphatic carbocycles. The molecule has 2 aromatic carbocycles. The summed E-state index contributed by atoms with van der Waals surface area (Å²) in [6.07, 6.45) is 7.21. The van der Waals surface area contributed by atoms with Crippen molar-refractivity contribution in [2.45, 2.75) is 39.2 Å². The predicted octanol–water partition coefficient (Wildman–Crippen LogP) is 4.93. The number of benzene rings is 2. The molecule has 0 saturated carbocycles. The Hall–Kier alpha value is -3.55. The van der Waals surface area contributed by atoms with Crippen molar-refractivity contribution in [2.24, 2.45) is 10.1 Å². The van der Waals surface area contributed by atoms with Crippen molar-refractivity contribution in [3.8, 4) is 11.4 Å². The number of hydrogen-bond donors (Lipinski definition) is 1. The largest absolute Gasteiger partial charge is 0.495 e. The van der Waals surface area contributed by atoms with Crippen molar-refractivity contribution in [3.63, 3.8) is 0 Å². The van der Waals surface area contributed by atoms with Crippen molar-refractivity contribution in [1.29, 1.82) is 0 Å². The van der Waals surface area contributed by atoms with Crippen molar-refractivity contribution in [2.75, 3.05) is 7.11 Å². The number of nitrogens with zero attached hydrogens (tertiary/aromatic N) is 4. The summed E-state index contributed by atoms with van der Waals surface area (Å²) in [4.78, 5) is 8.80. The van der Waals surface area contributed by atoms with Crippen molar-refractivity contribution in [3.05, 3.63) is 77.4 Å². The van der Waals surface area contributed by atoms with E-state index in [9.17, 15) is 8.78 Å². The first-order chi connectivity index (χ1) is 15.5. The fraction of sp³-hybridized carbons (Fsp3) is 0.292. The molecule has 1 N–H and O–H groups in total. The molecule has 0 saturated heterocycles. The van der Waals surface area contributed by atoms with Gasteiger partial charge in [-0.1, -0.05) is 12.1 Å². The van der Waals surface area contributed by atoms with Crippen LogP contribution in [0.2, 0.25) is 0 Å². The maximum absolute atomic E-state index is 13.4. The van der Waals surface area contributed by atoms with E-state index in [-0.39, 0.29) is 6.54 Å². The lowest BCUT2D eigenvalue weighted by Crippen LogP contribution is -2.22. The molecule has 0 bridgehead atoms. The molecule has 1 aliphatic heterocycles. The van der Waals surface area contributed by atoms with Crippen LogP contribution in [0.4, 0.5) is 8.78 Å². The van der Waals surface area contributed by atoms with Crippen molar-refractivity contribution < 1.29 is 13.5 Å². The highest BCUT2D eigenvalue weighted by Crippen LogP contribution is 2.26. The summed E-state index contributed by atoms with van der Waals surface area (Å²) in [5, 5.41) is 4.59. The van der Waals surface area contributed by atoms with Gasteiger partial charge >= 0.3 is 0 Å². The second kappa shape index (κ2) is 9.72. The molecule has 4 rings (SSSR count). The summed E-state index contributed by atoms with van der Waals surface area (Å²) < 4.78 is 34.1. The number of nitrogens with one attached hydrogen (secondary N) is 1. The first-order valence-corrected chi connectivity index (χ1v) is 10.5. The number of imidazole rings is 1. The van der Waals surface area contributed by atoms with Crippen LogP contribution < -0.4 is 10.2 Å². The van der Waals surface area contributed by atoms with E-state index in [0.29, 0.717) is 5.56 Å². The van der Waals surface area contributed by atoms with Crippen LogP contribution in [-0.4, -0.2) is 28.2 Å². The molecular weight excluding hydrogens is 412 g/mol. The lowest BCUT2D eigenvalue weighted by molar-refractivity contribution is 0.413. The summed E-state index contributed by atoms with van der Waals surface area (Å²) in [7, 11) is 1.65. The highest BCUT2D eigenvalue weighted by Gasteiger charge is 2.13. The second-order valence-electron chi connectivity index (χ2n) is 7.70. The fourth-order valence-electron chi connectivity index (χ4n) is 3.60. The average Bonchev–Trinajstić information content (AvgIpc) is 3.21. The first kappa shape index (κ1) is 21.7. The Kier molecular flexibility index (Phi) is 6.58. The Bertz CT molecular complexity index is 1170. The zero-order chi connectivity index (χ0) is 22.5. The molecule has 2 heterocycles. The van der Waals surface area contributed by atoms with E-state index in [1.165, 1.54) is 12.1 Å². The molecule has 0 amide bonds. The number of halogens is 2. The Labute approximate surface area is 185 Å².